The first-order chi connectivity index (χ1) is 7.63. The van der Waals surface area contributed by atoms with Gasteiger partial charge in [0.25, 0.3) is 0 Å². The van der Waals surface area contributed by atoms with Crippen molar-refractivity contribution < 1.29 is 13.5 Å². The fourth-order valence-corrected chi connectivity index (χ4v) is 1.54. The molecule has 0 bridgehead atoms. The quantitative estimate of drug-likeness (QED) is 0.851. The molecule has 2 aromatic rings. The van der Waals surface area contributed by atoms with Crippen LogP contribution in [0.25, 0.3) is 10.9 Å². The molecule has 1 aromatic heterocycles. The van der Waals surface area contributed by atoms with Gasteiger partial charge in [-0.25, -0.2) is 13.8 Å². The number of aromatic nitrogens is 1. The highest BCUT2D eigenvalue weighted by molar-refractivity contribution is 5.90. The van der Waals surface area contributed by atoms with Gasteiger partial charge in [0.05, 0.1) is 12.3 Å². The molecule has 0 atom stereocenters. The van der Waals surface area contributed by atoms with Crippen molar-refractivity contribution in [2.75, 3.05) is 12.8 Å². The largest absolute Gasteiger partial charge is 0.398 e. The van der Waals surface area contributed by atoms with Crippen LogP contribution in [0.4, 0.5) is 14.5 Å². The molecule has 0 saturated heterocycles. The highest BCUT2D eigenvalue weighted by Crippen LogP contribution is 2.24. The number of nitrogens with two attached hydrogens (primary N) is 1. The molecule has 2 rings (SSSR count). The van der Waals surface area contributed by atoms with Gasteiger partial charge in [0.15, 0.2) is 11.6 Å². The highest BCUT2D eigenvalue weighted by atomic mass is 19.2. The van der Waals surface area contributed by atoms with Gasteiger partial charge in [0.1, 0.15) is 5.52 Å². The normalized spacial score (nSPS) is 10.9. The Morgan fingerprint density at radius 3 is 2.81 bits per heavy atom. The molecule has 0 fully saturated rings. The van der Waals surface area contributed by atoms with Gasteiger partial charge in [-0.15, -0.1) is 0 Å². The molecule has 1 aromatic carbocycles. The van der Waals surface area contributed by atoms with Gasteiger partial charge in [-0.2, -0.15) is 0 Å². The number of anilines is 1. The van der Waals surface area contributed by atoms with E-state index in [1.165, 1.54) is 13.2 Å². The number of hydrogen-bond donors (Lipinski definition) is 1. The smallest absolute Gasteiger partial charge is 0.185 e. The van der Waals surface area contributed by atoms with E-state index in [-0.39, 0.29) is 12.1 Å². The minimum absolute atomic E-state index is 0.0629. The molecule has 84 valence electrons. The van der Waals surface area contributed by atoms with Crippen LogP contribution in [-0.2, 0) is 11.3 Å². The van der Waals surface area contributed by atoms with Crippen LogP contribution in [0.5, 0.6) is 0 Å². The van der Waals surface area contributed by atoms with Gasteiger partial charge in [-0.05, 0) is 18.2 Å². The molecular formula is C11H10F2N2O. The van der Waals surface area contributed by atoms with Crippen LogP contribution in [0, 0.1) is 11.6 Å². The van der Waals surface area contributed by atoms with E-state index in [0.29, 0.717) is 16.8 Å². The van der Waals surface area contributed by atoms with Crippen molar-refractivity contribution in [3.8, 4) is 0 Å². The van der Waals surface area contributed by atoms with Crippen LogP contribution in [0.2, 0.25) is 0 Å². The second-order valence-corrected chi connectivity index (χ2v) is 3.39. The monoisotopic (exact) mass is 224 g/mol. The number of benzene rings is 1. The van der Waals surface area contributed by atoms with E-state index < -0.39 is 11.6 Å². The minimum atomic E-state index is -0.984. The molecule has 0 amide bonds. The molecule has 0 spiro atoms. The predicted molar refractivity (Wildman–Crippen MR) is 56.8 cm³/mol. The number of halogens is 2. The SMILES string of the molecule is COCc1cc(N)c2ccc(F)c(F)c2n1. The Hall–Kier alpha value is -1.75. The van der Waals surface area contributed by atoms with Crippen LogP contribution in [0.1, 0.15) is 5.69 Å². The topological polar surface area (TPSA) is 48.1 Å². The van der Waals surface area contributed by atoms with E-state index in [4.69, 9.17) is 10.5 Å². The molecule has 0 aliphatic carbocycles. The van der Waals surface area contributed by atoms with E-state index in [1.54, 1.807) is 6.07 Å². The Balaban J connectivity index is 2.73. The number of rotatable bonds is 2. The molecular weight excluding hydrogens is 214 g/mol. The third-order valence-corrected chi connectivity index (χ3v) is 2.25. The standard InChI is InChI=1S/C11H10F2N2O/c1-16-5-6-4-9(14)7-2-3-8(12)10(13)11(7)15-6/h2-4H,5H2,1H3,(H2,14,15). The van der Waals surface area contributed by atoms with Crippen LogP contribution < -0.4 is 5.73 Å². The molecule has 0 aliphatic heterocycles. The number of nitrogens with zero attached hydrogens (tertiary/aromatic N) is 1. The summed E-state index contributed by atoms with van der Waals surface area (Å²) in [6, 6.07) is 4.03. The summed E-state index contributed by atoms with van der Waals surface area (Å²) in [5, 5.41) is 0.402. The lowest BCUT2D eigenvalue weighted by molar-refractivity contribution is 0.182. The van der Waals surface area contributed by atoms with Crippen LogP contribution in [0.3, 0.4) is 0 Å². The maximum atomic E-state index is 13.5. The summed E-state index contributed by atoms with van der Waals surface area (Å²) in [4.78, 5) is 3.97. The fourth-order valence-electron chi connectivity index (χ4n) is 1.54. The van der Waals surface area contributed by atoms with Crippen molar-refractivity contribution in [1.82, 2.24) is 4.98 Å². The van der Waals surface area contributed by atoms with E-state index in [9.17, 15) is 8.78 Å². The van der Waals surface area contributed by atoms with Gasteiger partial charge in [-0.3, -0.25) is 0 Å². The van der Waals surface area contributed by atoms with E-state index >= 15 is 0 Å². The molecule has 2 N–H and O–H groups in total. The first kappa shape index (κ1) is 10.8. The minimum Gasteiger partial charge on any atom is -0.398 e. The molecule has 16 heavy (non-hydrogen) atoms. The van der Waals surface area contributed by atoms with Crippen molar-refractivity contribution in [1.29, 1.82) is 0 Å². The Bertz CT molecular complexity index is 543. The summed E-state index contributed by atoms with van der Waals surface area (Å²) in [5.41, 5.74) is 6.49. The van der Waals surface area contributed by atoms with Crippen molar-refractivity contribution in [3.05, 3.63) is 35.5 Å². The van der Waals surface area contributed by atoms with Crippen LogP contribution >= 0.6 is 0 Å². The molecule has 3 nitrogen and oxygen atoms in total. The predicted octanol–water partition coefficient (Wildman–Crippen LogP) is 2.24. The Kier molecular flexibility index (Phi) is 2.70. The maximum absolute atomic E-state index is 13.5. The Morgan fingerprint density at radius 1 is 1.38 bits per heavy atom. The number of nitrogen functional groups attached to an aromatic ring is 1. The molecule has 5 heteroatoms. The Labute approximate surface area is 90.8 Å². The second-order valence-electron chi connectivity index (χ2n) is 3.39. The van der Waals surface area contributed by atoms with Crippen LogP contribution in [-0.4, -0.2) is 12.1 Å². The van der Waals surface area contributed by atoms with Crippen molar-refractivity contribution in [3.63, 3.8) is 0 Å². The van der Waals surface area contributed by atoms with E-state index in [0.717, 1.165) is 6.07 Å². The lowest BCUT2D eigenvalue weighted by Gasteiger charge is -2.06. The summed E-state index contributed by atoms with van der Waals surface area (Å²) in [7, 11) is 1.49. The summed E-state index contributed by atoms with van der Waals surface area (Å²) < 4.78 is 31.3. The highest BCUT2D eigenvalue weighted by Gasteiger charge is 2.11. The van der Waals surface area contributed by atoms with Gasteiger partial charge in [0, 0.05) is 18.2 Å². The lowest BCUT2D eigenvalue weighted by atomic mass is 10.1. The molecule has 0 saturated carbocycles. The zero-order chi connectivity index (χ0) is 11.7. The number of fused-ring (bicyclic) bond motifs is 1. The first-order valence-corrected chi connectivity index (χ1v) is 4.65. The molecule has 0 aliphatic rings. The molecule has 0 radical (unpaired) electrons. The zero-order valence-corrected chi connectivity index (χ0v) is 8.63. The van der Waals surface area contributed by atoms with E-state index in [2.05, 4.69) is 4.98 Å². The number of ether oxygens (including phenoxy) is 1. The summed E-state index contributed by atoms with van der Waals surface area (Å²) >= 11 is 0. The number of pyridine rings is 1. The van der Waals surface area contributed by atoms with E-state index in [1.807, 2.05) is 0 Å². The zero-order valence-electron chi connectivity index (χ0n) is 8.63. The summed E-state index contributed by atoms with van der Waals surface area (Å²) in [6.07, 6.45) is 0. The number of methoxy groups -OCH3 is 1. The number of hydrogen-bond acceptors (Lipinski definition) is 3. The first-order valence-electron chi connectivity index (χ1n) is 4.65. The van der Waals surface area contributed by atoms with Crippen molar-refractivity contribution >= 4 is 16.6 Å². The fraction of sp³-hybridized carbons (Fsp3) is 0.182. The van der Waals surface area contributed by atoms with Crippen LogP contribution in [0.15, 0.2) is 18.2 Å². The average Bonchev–Trinajstić information content (AvgIpc) is 2.25. The molecule has 0 unspecified atom stereocenters. The van der Waals surface area contributed by atoms with Gasteiger partial charge >= 0.3 is 0 Å². The van der Waals surface area contributed by atoms with Gasteiger partial charge in [-0.1, -0.05) is 0 Å². The summed E-state index contributed by atoms with van der Waals surface area (Å²) in [6.45, 7) is 0.204. The summed E-state index contributed by atoms with van der Waals surface area (Å²) in [5.74, 6) is -1.92. The van der Waals surface area contributed by atoms with Gasteiger partial charge < -0.3 is 10.5 Å². The second kappa shape index (κ2) is 4.02. The molecule has 1 heterocycles. The lowest BCUT2D eigenvalue weighted by Crippen LogP contribution is -1.99. The average molecular weight is 224 g/mol. The van der Waals surface area contributed by atoms with Crippen molar-refractivity contribution in [2.45, 2.75) is 6.61 Å². The van der Waals surface area contributed by atoms with Crippen molar-refractivity contribution in [2.24, 2.45) is 0 Å². The maximum Gasteiger partial charge on any atom is 0.185 e. The third-order valence-electron chi connectivity index (χ3n) is 2.25. The Morgan fingerprint density at radius 2 is 2.12 bits per heavy atom. The third kappa shape index (κ3) is 1.69. The van der Waals surface area contributed by atoms with Gasteiger partial charge in [0.2, 0.25) is 0 Å².